The lowest BCUT2D eigenvalue weighted by Gasteiger charge is -2.23. The van der Waals surface area contributed by atoms with Crippen LogP contribution in [0.1, 0.15) is 18.1 Å². The van der Waals surface area contributed by atoms with Crippen LogP contribution in [0.2, 0.25) is 5.02 Å². The number of rotatable bonds is 11. The highest BCUT2D eigenvalue weighted by molar-refractivity contribution is 7.92. The first-order valence-corrected chi connectivity index (χ1v) is 13.0. The third-order valence-electron chi connectivity index (χ3n) is 4.76. The summed E-state index contributed by atoms with van der Waals surface area (Å²) in [5, 5.41) is 4.57. The van der Waals surface area contributed by atoms with E-state index in [-0.39, 0.29) is 5.69 Å². The molecule has 0 bridgehead atoms. The molecule has 0 fully saturated rings. The van der Waals surface area contributed by atoms with Crippen molar-refractivity contribution >= 4 is 39.4 Å². The molecule has 3 aromatic rings. The smallest absolute Gasteiger partial charge is 0.260 e. The number of carbonyl (C=O) groups excluding carboxylic acids is 1. The van der Waals surface area contributed by atoms with E-state index in [1.165, 1.54) is 6.21 Å². The lowest BCUT2D eigenvalue weighted by molar-refractivity contribution is -0.119. The standard InChI is InChI=1S/C25H26ClN3O5S/c1-3-33-24-11-7-6-10-23(24)29(35(2,31)32)17-25(30)28-27-16-19-12-14-21(15-13-19)34-18-20-8-4-5-9-22(20)26/h4-16H,3,17-18H2,1-2H3,(H,28,30)/b27-16-. The largest absolute Gasteiger partial charge is 0.492 e. The van der Waals surface area contributed by atoms with Gasteiger partial charge in [0.25, 0.3) is 5.91 Å². The third-order valence-corrected chi connectivity index (χ3v) is 6.25. The van der Waals surface area contributed by atoms with Gasteiger partial charge in [0.05, 0.1) is 24.8 Å². The fraction of sp³-hybridized carbons (Fsp3) is 0.200. The predicted molar refractivity (Wildman–Crippen MR) is 138 cm³/mol. The first-order valence-electron chi connectivity index (χ1n) is 10.8. The molecule has 1 amide bonds. The monoisotopic (exact) mass is 515 g/mol. The van der Waals surface area contributed by atoms with Crippen molar-refractivity contribution in [1.29, 1.82) is 0 Å². The number of halogens is 1. The van der Waals surface area contributed by atoms with Crippen LogP contribution in [0.25, 0.3) is 0 Å². The number of nitrogens with zero attached hydrogens (tertiary/aromatic N) is 2. The summed E-state index contributed by atoms with van der Waals surface area (Å²) in [6.45, 7) is 2.04. The van der Waals surface area contributed by atoms with Crippen LogP contribution < -0.4 is 19.2 Å². The molecule has 0 aliphatic heterocycles. The van der Waals surface area contributed by atoms with Crippen molar-refractivity contribution in [2.45, 2.75) is 13.5 Å². The zero-order valence-electron chi connectivity index (χ0n) is 19.3. The number of hydrogen-bond acceptors (Lipinski definition) is 6. The zero-order chi connectivity index (χ0) is 25.3. The molecule has 0 aliphatic rings. The number of sulfonamides is 1. The van der Waals surface area contributed by atoms with E-state index in [2.05, 4.69) is 10.5 Å². The van der Waals surface area contributed by atoms with Gasteiger partial charge in [0, 0.05) is 10.6 Å². The van der Waals surface area contributed by atoms with Crippen LogP contribution in [-0.2, 0) is 21.4 Å². The molecule has 35 heavy (non-hydrogen) atoms. The average Bonchev–Trinajstić information content (AvgIpc) is 2.83. The Hall–Kier alpha value is -3.56. The van der Waals surface area contributed by atoms with Gasteiger partial charge in [-0.25, -0.2) is 13.8 Å². The Morgan fingerprint density at radius 3 is 2.40 bits per heavy atom. The Labute approximate surface area is 210 Å². The van der Waals surface area contributed by atoms with Gasteiger partial charge in [-0.1, -0.05) is 41.9 Å². The van der Waals surface area contributed by atoms with Gasteiger partial charge >= 0.3 is 0 Å². The Bertz CT molecular complexity index is 1280. The van der Waals surface area contributed by atoms with E-state index >= 15 is 0 Å². The molecule has 0 aliphatic carbocycles. The molecule has 0 unspecified atom stereocenters. The van der Waals surface area contributed by atoms with E-state index in [1.807, 2.05) is 18.2 Å². The van der Waals surface area contributed by atoms with Crippen molar-refractivity contribution in [3.8, 4) is 11.5 Å². The summed E-state index contributed by atoms with van der Waals surface area (Å²) in [7, 11) is -3.75. The second kappa shape index (κ2) is 12.2. The fourth-order valence-corrected chi connectivity index (χ4v) is 4.14. The number of carbonyl (C=O) groups is 1. The second-order valence-electron chi connectivity index (χ2n) is 7.41. The van der Waals surface area contributed by atoms with Gasteiger partial charge < -0.3 is 9.47 Å². The Kier molecular flexibility index (Phi) is 9.11. The molecule has 3 aromatic carbocycles. The highest BCUT2D eigenvalue weighted by Crippen LogP contribution is 2.29. The topological polar surface area (TPSA) is 97.3 Å². The summed E-state index contributed by atoms with van der Waals surface area (Å²) in [6.07, 6.45) is 2.48. The molecule has 1 N–H and O–H groups in total. The predicted octanol–water partition coefficient (Wildman–Crippen LogP) is 4.23. The van der Waals surface area contributed by atoms with E-state index in [9.17, 15) is 13.2 Å². The summed E-state index contributed by atoms with van der Waals surface area (Å²) in [5.74, 6) is 0.425. The van der Waals surface area contributed by atoms with Crippen molar-refractivity contribution in [3.63, 3.8) is 0 Å². The number of anilines is 1. The fourth-order valence-electron chi connectivity index (χ4n) is 3.09. The molecule has 0 saturated heterocycles. The van der Waals surface area contributed by atoms with Crippen molar-refractivity contribution in [3.05, 3.63) is 88.9 Å². The van der Waals surface area contributed by atoms with E-state index in [0.717, 1.165) is 21.7 Å². The lowest BCUT2D eigenvalue weighted by Crippen LogP contribution is -2.39. The highest BCUT2D eigenvalue weighted by atomic mass is 35.5. The first-order chi connectivity index (χ1) is 16.8. The summed E-state index contributed by atoms with van der Waals surface area (Å²) in [4.78, 5) is 12.4. The molecular formula is C25H26ClN3O5S. The number of hydrazone groups is 1. The van der Waals surface area contributed by atoms with Crippen molar-refractivity contribution in [2.24, 2.45) is 5.10 Å². The van der Waals surface area contributed by atoms with Gasteiger partial charge in [0.1, 0.15) is 24.7 Å². The number of benzene rings is 3. The maximum absolute atomic E-state index is 12.4. The van der Waals surface area contributed by atoms with Crippen LogP contribution in [-0.4, -0.2) is 39.9 Å². The van der Waals surface area contributed by atoms with Crippen LogP contribution in [0.3, 0.4) is 0 Å². The molecule has 0 radical (unpaired) electrons. The molecular weight excluding hydrogens is 490 g/mol. The summed E-state index contributed by atoms with van der Waals surface area (Å²) >= 11 is 6.14. The number of ether oxygens (including phenoxy) is 2. The number of hydrogen-bond donors (Lipinski definition) is 1. The Morgan fingerprint density at radius 1 is 1.03 bits per heavy atom. The molecule has 0 spiro atoms. The Balaban J connectivity index is 1.58. The molecule has 0 aromatic heterocycles. The lowest BCUT2D eigenvalue weighted by atomic mass is 10.2. The van der Waals surface area contributed by atoms with Crippen LogP contribution in [0.15, 0.2) is 77.9 Å². The molecule has 0 saturated carbocycles. The Morgan fingerprint density at radius 2 is 1.71 bits per heavy atom. The molecule has 8 nitrogen and oxygen atoms in total. The molecule has 10 heteroatoms. The molecule has 3 rings (SSSR count). The molecule has 0 heterocycles. The normalized spacial score (nSPS) is 11.3. The van der Waals surface area contributed by atoms with Crippen molar-refractivity contribution < 1.29 is 22.7 Å². The van der Waals surface area contributed by atoms with Gasteiger partial charge in [-0.15, -0.1) is 0 Å². The summed E-state index contributed by atoms with van der Waals surface area (Å²) < 4.78 is 36.9. The van der Waals surface area contributed by atoms with Gasteiger partial charge in [-0.2, -0.15) is 5.10 Å². The zero-order valence-corrected chi connectivity index (χ0v) is 20.9. The summed E-state index contributed by atoms with van der Waals surface area (Å²) in [6, 6.07) is 21.2. The highest BCUT2D eigenvalue weighted by Gasteiger charge is 2.23. The van der Waals surface area contributed by atoms with Crippen LogP contribution in [0.5, 0.6) is 11.5 Å². The number of amides is 1. The minimum absolute atomic E-state index is 0.281. The summed E-state index contributed by atoms with van der Waals surface area (Å²) in [5.41, 5.74) is 4.24. The van der Waals surface area contributed by atoms with Crippen molar-refractivity contribution in [2.75, 3.05) is 23.7 Å². The van der Waals surface area contributed by atoms with Gasteiger partial charge in [-0.05, 0) is 55.0 Å². The number of para-hydroxylation sites is 2. The second-order valence-corrected chi connectivity index (χ2v) is 9.73. The van der Waals surface area contributed by atoms with E-state index in [0.29, 0.717) is 29.7 Å². The van der Waals surface area contributed by atoms with Crippen LogP contribution in [0.4, 0.5) is 5.69 Å². The SMILES string of the molecule is CCOc1ccccc1N(CC(=O)N/N=C\c1ccc(OCc2ccccc2Cl)cc1)S(C)(=O)=O. The molecule has 0 atom stereocenters. The minimum Gasteiger partial charge on any atom is -0.492 e. The maximum Gasteiger partial charge on any atom is 0.260 e. The average molecular weight is 516 g/mol. The van der Waals surface area contributed by atoms with Crippen molar-refractivity contribution in [1.82, 2.24) is 5.43 Å². The van der Waals surface area contributed by atoms with Gasteiger partial charge in [0.15, 0.2) is 0 Å². The molecule has 184 valence electrons. The van der Waals surface area contributed by atoms with Gasteiger partial charge in [0.2, 0.25) is 10.0 Å². The van der Waals surface area contributed by atoms with E-state index in [4.69, 9.17) is 21.1 Å². The van der Waals surface area contributed by atoms with Crippen LogP contribution in [0, 0.1) is 0 Å². The quantitative estimate of drug-likeness (QED) is 0.304. The van der Waals surface area contributed by atoms with E-state index < -0.39 is 22.5 Å². The van der Waals surface area contributed by atoms with Gasteiger partial charge in [-0.3, -0.25) is 9.10 Å². The first kappa shape index (κ1) is 26.1. The maximum atomic E-state index is 12.4. The number of nitrogens with one attached hydrogen (secondary N) is 1. The third kappa shape index (κ3) is 7.73. The van der Waals surface area contributed by atoms with E-state index in [1.54, 1.807) is 61.5 Å². The van der Waals surface area contributed by atoms with Crippen LogP contribution >= 0.6 is 11.6 Å². The minimum atomic E-state index is -3.75.